The molecule has 0 saturated heterocycles. The van der Waals surface area contributed by atoms with E-state index in [-0.39, 0.29) is 18.3 Å². The molecule has 1 saturated carbocycles. The molecule has 23 heavy (non-hydrogen) atoms. The van der Waals surface area contributed by atoms with Crippen LogP contribution in [0.1, 0.15) is 31.7 Å². The van der Waals surface area contributed by atoms with Gasteiger partial charge < -0.3 is 10.4 Å². The highest BCUT2D eigenvalue weighted by molar-refractivity contribution is 7.89. The Labute approximate surface area is 132 Å². The molecule has 9 heteroatoms. The number of primary sulfonamides is 1. The van der Waals surface area contributed by atoms with E-state index in [1.54, 1.807) is 0 Å². The molecule has 1 aromatic rings. The molecule has 1 aromatic carbocycles. The lowest BCUT2D eigenvalue weighted by atomic mass is 9.85. The van der Waals surface area contributed by atoms with Crippen LogP contribution in [0.4, 0.5) is 18.9 Å². The van der Waals surface area contributed by atoms with Crippen molar-refractivity contribution in [3.63, 3.8) is 0 Å². The average molecular weight is 352 g/mol. The Kier molecular flexibility index (Phi) is 4.67. The molecule has 2 atom stereocenters. The predicted molar refractivity (Wildman–Crippen MR) is 79.3 cm³/mol. The van der Waals surface area contributed by atoms with E-state index in [0.717, 1.165) is 31.4 Å². The number of hydrogen-bond acceptors (Lipinski definition) is 4. The molecule has 1 aliphatic carbocycles. The molecule has 0 radical (unpaired) electrons. The van der Waals surface area contributed by atoms with Gasteiger partial charge in [0.1, 0.15) is 0 Å². The summed E-state index contributed by atoms with van der Waals surface area (Å²) in [5.41, 5.74) is -1.57. The van der Waals surface area contributed by atoms with Gasteiger partial charge in [-0.3, -0.25) is 0 Å². The maximum Gasteiger partial charge on any atom is 0.417 e. The Balaban J connectivity index is 2.39. The second kappa shape index (κ2) is 5.95. The van der Waals surface area contributed by atoms with Crippen LogP contribution in [0, 0.1) is 5.41 Å². The second-order valence-corrected chi connectivity index (χ2v) is 7.68. The van der Waals surface area contributed by atoms with Gasteiger partial charge in [0.25, 0.3) is 0 Å². The molecular weight excluding hydrogens is 333 g/mol. The molecule has 5 nitrogen and oxygen atoms in total. The average Bonchev–Trinajstić information content (AvgIpc) is 2.79. The number of aliphatic hydroxyl groups is 1. The van der Waals surface area contributed by atoms with Gasteiger partial charge in [-0.25, -0.2) is 13.6 Å². The first-order chi connectivity index (χ1) is 10.5. The Morgan fingerprint density at radius 3 is 2.61 bits per heavy atom. The van der Waals surface area contributed by atoms with Gasteiger partial charge in [-0.05, 0) is 31.0 Å². The molecule has 1 aliphatic rings. The van der Waals surface area contributed by atoms with E-state index in [4.69, 9.17) is 5.14 Å². The second-order valence-electron chi connectivity index (χ2n) is 6.16. The third-order valence-corrected chi connectivity index (χ3v) is 5.34. The third-order valence-electron chi connectivity index (χ3n) is 4.38. The lowest BCUT2D eigenvalue weighted by molar-refractivity contribution is -0.139. The van der Waals surface area contributed by atoms with E-state index in [2.05, 4.69) is 5.32 Å². The Morgan fingerprint density at radius 2 is 2.09 bits per heavy atom. The quantitative estimate of drug-likeness (QED) is 0.775. The number of aliphatic hydroxyl groups excluding tert-OH is 1. The molecule has 0 bridgehead atoms. The zero-order chi connectivity index (χ0) is 17.5. The van der Waals surface area contributed by atoms with E-state index in [0.29, 0.717) is 0 Å². The van der Waals surface area contributed by atoms with E-state index >= 15 is 0 Å². The number of halogens is 3. The fraction of sp³-hybridized carbons (Fsp3) is 0.571. The van der Waals surface area contributed by atoms with Crippen LogP contribution in [-0.4, -0.2) is 26.2 Å². The molecule has 2 rings (SSSR count). The van der Waals surface area contributed by atoms with Gasteiger partial charge in [0.05, 0.1) is 17.1 Å². The van der Waals surface area contributed by atoms with Crippen molar-refractivity contribution in [1.29, 1.82) is 0 Å². The molecule has 2 unspecified atom stereocenters. The summed E-state index contributed by atoms with van der Waals surface area (Å²) >= 11 is 0. The number of nitrogens with one attached hydrogen (secondary N) is 1. The number of hydrogen-bond donors (Lipinski definition) is 3. The number of benzene rings is 1. The first-order valence-electron chi connectivity index (χ1n) is 7.09. The van der Waals surface area contributed by atoms with Crippen molar-refractivity contribution >= 4 is 15.7 Å². The molecular formula is C14H19F3N2O3S. The maximum atomic E-state index is 13.1. The first-order valence-corrected chi connectivity index (χ1v) is 8.63. The van der Waals surface area contributed by atoms with E-state index in [1.165, 1.54) is 6.07 Å². The smallest absolute Gasteiger partial charge is 0.396 e. The fourth-order valence-electron chi connectivity index (χ4n) is 2.96. The molecule has 1 fully saturated rings. The maximum absolute atomic E-state index is 13.1. The highest BCUT2D eigenvalue weighted by atomic mass is 32.2. The van der Waals surface area contributed by atoms with Gasteiger partial charge in [0, 0.05) is 17.1 Å². The van der Waals surface area contributed by atoms with Gasteiger partial charge >= 0.3 is 6.18 Å². The van der Waals surface area contributed by atoms with E-state index in [9.17, 15) is 26.7 Å². The number of anilines is 1. The molecule has 0 amide bonds. The van der Waals surface area contributed by atoms with Gasteiger partial charge in [-0.15, -0.1) is 0 Å². The zero-order valence-electron chi connectivity index (χ0n) is 12.5. The van der Waals surface area contributed by atoms with Crippen LogP contribution in [0.15, 0.2) is 23.1 Å². The molecule has 0 spiro atoms. The predicted octanol–water partition coefficient (Wildman–Crippen LogP) is 2.32. The first kappa shape index (κ1) is 18.0. The van der Waals surface area contributed by atoms with Crippen molar-refractivity contribution in [3.05, 3.63) is 23.8 Å². The number of sulfonamides is 1. The topological polar surface area (TPSA) is 92.4 Å². The monoisotopic (exact) mass is 352 g/mol. The summed E-state index contributed by atoms with van der Waals surface area (Å²) in [5.74, 6) is 0. The van der Waals surface area contributed by atoms with Gasteiger partial charge in [0.15, 0.2) is 0 Å². The van der Waals surface area contributed by atoms with Crippen LogP contribution >= 0.6 is 0 Å². The minimum Gasteiger partial charge on any atom is -0.396 e. The number of rotatable bonds is 4. The SMILES string of the molecule is CC1(CO)CCCC1Nc1ccc(S(N)(=O)=O)c(C(F)(F)F)c1. The van der Waals surface area contributed by atoms with Crippen molar-refractivity contribution < 1.29 is 26.7 Å². The molecule has 0 aromatic heterocycles. The summed E-state index contributed by atoms with van der Waals surface area (Å²) in [4.78, 5) is -0.952. The minimum atomic E-state index is -4.84. The Bertz CT molecular complexity index is 691. The minimum absolute atomic E-state index is 0.0773. The largest absolute Gasteiger partial charge is 0.417 e. The molecule has 130 valence electrons. The summed E-state index contributed by atoms with van der Waals surface area (Å²) in [6.07, 6.45) is -2.50. The van der Waals surface area contributed by atoms with Crippen molar-refractivity contribution in [2.75, 3.05) is 11.9 Å². The van der Waals surface area contributed by atoms with Gasteiger partial charge in [-0.2, -0.15) is 13.2 Å². The lowest BCUT2D eigenvalue weighted by Crippen LogP contribution is -2.36. The molecule has 4 N–H and O–H groups in total. The zero-order valence-corrected chi connectivity index (χ0v) is 13.3. The van der Waals surface area contributed by atoms with Crippen LogP contribution in [0.2, 0.25) is 0 Å². The molecule has 0 aliphatic heterocycles. The van der Waals surface area contributed by atoms with Gasteiger partial charge in [0.2, 0.25) is 10.0 Å². The Morgan fingerprint density at radius 1 is 1.43 bits per heavy atom. The van der Waals surface area contributed by atoms with Crippen LogP contribution in [0.3, 0.4) is 0 Å². The van der Waals surface area contributed by atoms with Crippen LogP contribution in [0.25, 0.3) is 0 Å². The van der Waals surface area contributed by atoms with Crippen molar-refractivity contribution in [1.82, 2.24) is 0 Å². The third kappa shape index (κ3) is 3.78. The van der Waals surface area contributed by atoms with Crippen LogP contribution < -0.4 is 10.5 Å². The number of alkyl halides is 3. The van der Waals surface area contributed by atoms with Crippen LogP contribution in [0.5, 0.6) is 0 Å². The highest BCUT2D eigenvalue weighted by Gasteiger charge is 2.40. The van der Waals surface area contributed by atoms with Crippen molar-refractivity contribution in [3.8, 4) is 0 Å². The lowest BCUT2D eigenvalue weighted by Gasteiger charge is -2.31. The van der Waals surface area contributed by atoms with Crippen molar-refractivity contribution in [2.45, 2.75) is 43.3 Å². The standard InChI is InChI=1S/C14H19F3N2O3S/c1-13(8-20)6-2-3-12(13)19-9-4-5-11(23(18,21)22)10(7-9)14(15,16)17/h4-5,7,12,19-20H,2-3,6,8H2,1H3,(H2,18,21,22). The van der Waals surface area contributed by atoms with Gasteiger partial charge in [-0.1, -0.05) is 13.3 Å². The van der Waals surface area contributed by atoms with E-state index < -0.39 is 32.1 Å². The normalized spacial score (nSPS) is 25.6. The number of nitrogens with two attached hydrogens (primary N) is 1. The van der Waals surface area contributed by atoms with Crippen LogP contribution in [-0.2, 0) is 16.2 Å². The summed E-state index contributed by atoms with van der Waals surface area (Å²) in [7, 11) is -4.48. The summed E-state index contributed by atoms with van der Waals surface area (Å²) in [5, 5.41) is 17.3. The summed E-state index contributed by atoms with van der Waals surface area (Å²) in [6.45, 7) is 1.78. The summed E-state index contributed by atoms with van der Waals surface area (Å²) in [6, 6.07) is 2.67. The van der Waals surface area contributed by atoms with Crippen molar-refractivity contribution in [2.24, 2.45) is 10.6 Å². The van der Waals surface area contributed by atoms with E-state index in [1.807, 2.05) is 6.92 Å². The highest BCUT2D eigenvalue weighted by Crippen LogP contribution is 2.40. The fourth-order valence-corrected chi connectivity index (χ4v) is 3.70. The molecule has 0 heterocycles. The Hall–Kier alpha value is -1.32. The summed E-state index contributed by atoms with van der Waals surface area (Å²) < 4.78 is 62.0.